The third-order valence-electron chi connectivity index (χ3n) is 4.17. The zero-order valence-electron chi connectivity index (χ0n) is 13.3. The van der Waals surface area contributed by atoms with Crippen molar-refractivity contribution in [1.29, 1.82) is 0 Å². The fourth-order valence-electron chi connectivity index (χ4n) is 2.72. The molecule has 0 aliphatic carbocycles. The fourth-order valence-corrected chi connectivity index (χ4v) is 2.72. The lowest BCUT2D eigenvalue weighted by Gasteiger charge is -2.27. The van der Waals surface area contributed by atoms with Crippen LogP contribution in [0.25, 0.3) is 0 Å². The molecule has 4 heteroatoms. The zero-order chi connectivity index (χ0) is 15.9. The molecule has 3 rings (SSSR count). The largest absolute Gasteiger partial charge is 0.489 e. The monoisotopic (exact) mass is 314 g/mol. The van der Waals surface area contributed by atoms with Crippen LogP contribution in [0.2, 0.25) is 0 Å². The Labute approximate surface area is 137 Å². The lowest BCUT2D eigenvalue weighted by atomic mass is 10.1. The Kier molecular flexibility index (Phi) is 5.61. The van der Waals surface area contributed by atoms with Crippen molar-refractivity contribution in [3.05, 3.63) is 65.5 Å². The third kappa shape index (κ3) is 5.05. The van der Waals surface area contributed by atoms with Gasteiger partial charge in [0, 0.05) is 32.7 Å². The number of ether oxygens (including phenoxy) is 1. The molecule has 23 heavy (non-hydrogen) atoms. The Balaban J connectivity index is 1.45. The summed E-state index contributed by atoms with van der Waals surface area (Å²) >= 11 is 0. The normalized spacial score (nSPS) is 15.5. The van der Waals surface area contributed by atoms with Gasteiger partial charge in [-0.15, -0.1) is 0 Å². The molecule has 0 aromatic heterocycles. The van der Waals surface area contributed by atoms with Crippen molar-refractivity contribution < 1.29 is 9.13 Å². The second-order valence-corrected chi connectivity index (χ2v) is 5.90. The molecule has 0 radical (unpaired) electrons. The first kappa shape index (κ1) is 16.0. The highest BCUT2D eigenvalue weighted by Gasteiger charge is 2.08. The lowest BCUT2D eigenvalue weighted by Crippen LogP contribution is -2.44. The van der Waals surface area contributed by atoms with Crippen molar-refractivity contribution in [1.82, 2.24) is 10.2 Å². The van der Waals surface area contributed by atoms with Crippen LogP contribution in [0.5, 0.6) is 5.75 Å². The van der Waals surface area contributed by atoms with Crippen LogP contribution in [0.1, 0.15) is 11.1 Å². The van der Waals surface area contributed by atoms with Crippen molar-refractivity contribution >= 4 is 0 Å². The van der Waals surface area contributed by atoms with Gasteiger partial charge < -0.3 is 15.0 Å². The Morgan fingerprint density at radius 1 is 0.913 bits per heavy atom. The second kappa shape index (κ2) is 8.09. The summed E-state index contributed by atoms with van der Waals surface area (Å²) in [6, 6.07) is 14.7. The van der Waals surface area contributed by atoms with Crippen LogP contribution in [-0.4, -0.2) is 37.6 Å². The Bertz CT molecular complexity index is 592. The van der Waals surface area contributed by atoms with Gasteiger partial charge in [0.2, 0.25) is 0 Å². The number of hydrogen-bond acceptors (Lipinski definition) is 3. The van der Waals surface area contributed by atoms with E-state index in [0.29, 0.717) is 6.61 Å². The smallest absolute Gasteiger partial charge is 0.123 e. The second-order valence-electron chi connectivity index (χ2n) is 5.90. The minimum absolute atomic E-state index is 0.220. The van der Waals surface area contributed by atoms with Crippen LogP contribution >= 0.6 is 0 Å². The fraction of sp³-hybridized carbons (Fsp3) is 0.368. The molecule has 0 atom stereocenters. The van der Waals surface area contributed by atoms with Crippen LogP contribution in [0.4, 0.5) is 4.39 Å². The van der Waals surface area contributed by atoms with Crippen molar-refractivity contribution in [2.45, 2.75) is 13.0 Å². The molecule has 1 fully saturated rings. The van der Waals surface area contributed by atoms with Gasteiger partial charge in [-0.1, -0.05) is 24.3 Å². The van der Waals surface area contributed by atoms with Crippen LogP contribution in [-0.2, 0) is 13.0 Å². The first-order chi connectivity index (χ1) is 11.3. The molecule has 1 aliphatic rings. The van der Waals surface area contributed by atoms with Gasteiger partial charge in [0.15, 0.2) is 0 Å². The molecule has 1 aliphatic heterocycles. The van der Waals surface area contributed by atoms with E-state index in [1.165, 1.54) is 17.7 Å². The van der Waals surface area contributed by atoms with Gasteiger partial charge in [0.25, 0.3) is 0 Å². The van der Waals surface area contributed by atoms with Crippen molar-refractivity contribution in [2.75, 3.05) is 32.7 Å². The standard InChI is InChI=1S/C19H23FN2O/c20-18-5-1-17(2-6-18)15-23-19-7-3-16(4-8-19)9-12-22-13-10-21-11-14-22/h1-8,21H,9-15H2. The molecular formula is C19H23FN2O. The number of rotatable bonds is 6. The Morgan fingerprint density at radius 2 is 1.57 bits per heavy atom. The van der Waals surface area contributed by atoms with Crippen molar-refractivity contribution in [3.8, 4) is 5.75 Å². The van der Waals surface area contributed by atoms with Crippen LogP contribution < -0.4 is 10.1 Å². The van der Waals surface area contributed by atoms with Crippen LogP contribution in [0.3, 0.4) is 0 Å². The van der Waals surface area contributed by atoms with E-state index >= 15 is 0 Å². The van der Waals surface area contributed by atoms with Crippen molar-refractivity contribution in [2.24, 2.45) is 0 Å². The maximum atomic E-state index is 12.9. The van der Waals surface area contributed by atoms with E-state index < -0.39 is 0 Å². The summed E-state index contributed by atoms with van der Waals surface area (Å²) in [5.74, 6) is 0.628. The van der Waals surface area contributed by atoms with Gasteiger partial charge in [-0.25, -0.2) is 4.39 Å². The van der Waals surface area contributed by atoms with Gasteiger partial charge in [-0.3, -0.25) is 0 Å². The van der Waals surface area contributed by atoms with Crippen LogP contribution in [0, 0.1) is 5.82 Å². The number of benzene rings is 2. The molecule has 122 valence electrons. The first-order valence-electron chi connectivity index (χ1n) is 8.19. The summed E-state index contributed by atoms with van der Waals surface area (Å²) in [6.45, 7) is 6.03. The molecule has 1 N–H and O–H groups in total. The van der Waals surface area contributed by atoms with Crippen molar-refractivity contribution in [3.63, 3.8) is 0 Å². The van der Waals surface area contributed by atoms with E-state index in [-0.39, 0.29) is 5.82 Å². The number of piperazine rings is 1. The third-order valence-corrected chi connectivity index (χ3v) is 4.17. The number of hydrogen-bond donors (Lipinski definition) is 1. The maximum Gasteiger partial charge on any atom is 0.123 e. The highest BCUT2D eigenvalue weighted by atomic mass is 19.1. The van der Waals surface area contributed by atoms with Gasteiger partial charge in [0.1, 0.15) is 18.2 Å². The van der Waals surface area contributed by atoms with E-state index in [9.17, 15) is 4.39 Å². The van der Waals surface area contributed by atoms with Crippen LogP contribution in [0.15, 0.2) is 48.5 Å². The Hall–Kier alpha value is -1.91. The average Bonchev–Trinajstić information content (AvgIpc) is 2.61. The summed E-state index contributed by atoms with van der Waals surface area (Å²) in [7, 11) is 0. The van der Waals surface area contributed by atoms with Gasteiger partial charge >= 0.3 is 0 Å². The summed E-state index contributed by atoms with van der Waals surface area (Å²) in [4.78, 5) is 2.50. The molecular weight excluding hydrogens is 291 g/mol. The highest BCUT2D eigenvalue weighted by Crippen LogP contribution is 2.15. The van der Waals surface area contributed by atoms with Gasteiger partial charge in [0.05, 0.1) is 0 Å². The van der Waals surface area contributed by atoms with Gasteiger partial charge in [-0.2, -0.15) is 0 Å². The molecule has 0 bridgehead atoms. The van der Waals surface area contributed by atoms with E-state index in [1.54, 1.807) is 12.1 Å². The molecule has 0 unspecified atom stereocenters. The predicted molar refractivity (Wildman–Crippen MR) is 90.2 cm³/mol. The molecule has 0 spiro atoms. The zero-order valence-corrected chi connectivity index (χ0v) is 13.3. The van der Waals surface area contributed by atoms with E-state index in [2.05, 4.69) is 22.3 Å². The van der Waals surface area contributed by atoms with Gasteiger partial charge in [-0.05, 0) is 41.8 Å². The SMILES string of the molecule is Fc1ccc(COc2ccc(CCN3CCNCC3)cc2)cc1. The van der Waals surface area contributed by atoms with E-state index in [0.717, 1.165) is 50.5 Å². The first-order valence-corrected chi connectivity index (χ1v) is 8.19. The Morgan fingerprint density at radius 3 is 2.26 bits per heavy atom. The lowest BCUT2D eigenvalue weighted by molar-refractivity contribution is 0.244. The summed E-state index contributed by atoms with van der Waals surface area (Å²) in [5, 5.41) is 3.37. The topological polar surface area (TPSA) is 24.5 Å². The summed E-state index contributed by atoms with van der Waals surface area (Å²) in [6.07, 6.45) is 1.07. The quantitative estimate of drug-likeness (QED) is 0.887. The summed E-state index contributed by atoms with van der Waals surface area (Å²) < 4.78 is 18.6. The minimum atomic E-state index is -0.220. The number of halogens is 1. The number of nitrogens with one attached hydrogen (secondary N) is 1. The minimum Gasteiger partial charge on any atom is -0.489 e. The maximum absolute atomic E-state index is 12.9. The number of nitrogens with zero attached hydrogens (tertiary/aromatic N) is 1. The summed E-state index contributed by atoms with van der Waals surface area (Å²) in [5.41, 5.74) is 2.30. The molecule has 2 aromatic rings. The van der Waals surface area contributed by atoms with E-state index in [4.69, 9.17) is 4.74 Å². The molecule has 1 saturated heterocycles. The highest BCUT2D eigenvalue weighted by molar-refractivity contribution is 5.28. The molecule has 1 heterocycles. The molecule has 3 nitrogen and oxygen atoms in total. The predicted octanol–water partition coefficient (Wildman–Crippen LogP) is 2.85. The molecule has 2 aromatic carbocycles. The molecule has 0 amide bonds. The van der Waals surface area contributed by atoms with E-state index in [1.807, 2.05) is 12.1 Å². The average molecular weight is 314 g/mol. The molecule has 0 saturated carbocycles.